The lowest BCUT2D eigenvalue weighted by Crippen LogP contribution is -2.51. The summed E-state index contributed by atoms with van der Waals surface area (Å²) in [6, 6.07) is 7.98. The van der Waals surface area contributed by atoms with E-state index in [-0.39, 0.29) is 5.91 Å². The summed E-state index contributed by atoms with van der Waals surface area (Å²) in [6.07, 6.45) is 6.90. The molecule has 1 aromatic carbocycles. The average Bonchev–Trinajstić information content (AvgIpc) is 3.34. The van der Waals surface area contributed by atoms with Crippen LogP contribution in [0.3, 0.4) is 0 Å². The highest BCUT2D eigenvalue weighted by Crippen LogP contribution is 2.32. The maximum absolute atomic E-state index is 12.7. The van der Waals surface area contributed by atoms with Crippen LogP contribution in [-0.2, 0) is 4.79 Å². The van der Waals surface area contributed by atoms with Gasteiger partial charge in [0.1, 0.15) is 17.9 Å². The normalized spacial score (nSPS) is 17.7. The number of carbonyl (C=O) groups excluding carboxylic acids is 1. The van der Waals surface area contributed by atoms with Gasteiger partial charge in [-0.3, -0.25) is 9.69 Å². The first-order valence-corrected chi connectivity index (χ1v) is 11.3. The predicted molar refractivity (Wildman–Crippen MR) is 122 cm³/mol. The van der Waals surface area contributed by atoms with Crippen molar-refractivity contribution in [2.75, 3.05) is 57.8 Å². The van der Waals surface area contributed by atoms with Gasteiger partial charge in [0.05, 0.1) is 13.7 Å². The Morgan fingerprint density at radius 1 is 0.969 bits per heavy atom. The predicted octanol–water partition coefficient (Wildman–Crippen LogP) is 1.93. The first-order chi connectivity index (χ1) is 15.7. The highest BCUT2D eigenvalue weighted by molar-refractivity contribution is 5.79. The third-order valence-corrected chi connectivity index (χ3v) is 6.42. The van der Waals surface area contributed by atoms with Crippen LogP contribution in [0.5, 0.6) is 5.75 Å². The summed E-state index contributed by atoms with van der Waals surface area (Å²) in [5.74, 6) is 2.65. The zero-order valence-corrected chi connectivity index (χ0v) is 18.5. The molecule has 1 amide bonds. The van der Waals surface area contributed by atoms with Crippen LogP contribution in [0, 0.1) is 0 Å². The number of hydrogen-bond acceptors (Lipinski definition) is 7. The van der Waals surface area contributed by atoms with Crippen molar-refractivity contribution >= 4 is 17.5 Å². The SMILES string of the molecule is COc1ccc(-c2cnc3ncnn3c2N2CCN(CC(=O)N3CCCCC3)CC2)cc1. The Morgan fingerprint density at radius 3 is 2.44 bits per heavy atom. The minimum absolute atomic E-state index is 0.264. The second kappa shape index (κ2) is 9.12. The summed E-state index contributed by atoms with van der Waals surface area (Å²) < 4.78 is 7.12. The molecule has 5 rings (SSSR count). The molecule has 32 heavy (non-hydrogen) atoms. The number of fused-ring (bicyclic) bond motifs is 1. The molecular formula is C23H29N7O2. The Balaban J connectivity index is 1.34. The van der Waals surface area contributed by atoms with Crippen molar-refractivity contribution < 1.29 is 9.53 Å². The first kappa shape index (κ1) is 20.7. The zero-order chi connectivity index (χ0) is 21.9. The van der Waals surface area contributed by atoms with Crippen LogP contribution in [0.25, 0.3) is 16.9 Å². The first-order valence-electron chi connectivity index (χ1n) is 11.3. The number of piperidine rings is 1. The van der Waals surface area contributed by atoms with Crippen molar-refractivity contribution in [2.45, 2.75) is 19.3 Å². The maximum Gasteiger partial charge on any atom is 0.254 e. The summed E-state index contributed by atoms with van der Waals surface area (Å²) in [5, 5.41) is 4.44. The zero-order valence-electron chi connectivity index (χ0n) is 18.5. The lowest BCUT2D eigenvalue weighted by molar-refractivity contribution is -0.133. The van der Waals surface area contributed by atoms with E-state index in [4.69, 9.17) is 4.74 Å². The molecule has 2 aliphatic rings. The third kappa shape index (κ3) is 4.12. The van der Waals surface area contributed by atoms with Crippen LogP contribution >= 0.6 is 0 Å². The van der Waals surface area contributed by atoms with Gasteiger partial charge in [0.2, 0.25) is 5.91 Å². The number of anilines is 1. The molecule has 0 saturated carbocycles. The average molecular weight is 436 g/mol. The monoisotopic (exact) mass is 435 g/mol. The maximum atomic E-state index is 12.7. The molecule has 0 spiro atoms. The van der Waals surface area contributed by atoms with Crippen LogP contribution in [-0.4, -0.2) is 88.2 Å². The topological polar surface area (TPSA) is 79.1 Å². The van der Waals surface area contributed by atoms with Crippen molar-refractivity contribution in [3.8, 4) is 16.9 Å². The number of piperazine rings is 1. The number of rotatable bonds is 5. The number of nitrogens with zero attached hydrogens (tertiary/aromatic N) is 7. The van der Waals surface area contributed by atoms with Crippen molar-refractivity contribution in [3.05, 3.63) is 36.8 Å². The van der Waals surface area contributed by atoms with E-state index in [1.165, 1.54) is 12.7 Å². The van der Waals surface area contributed by atoms with Gasteiger partial charge >= 0.3 is 0 Å². The van der Waals surface area contributed by atoms with Gasteiger partial charge in [0.15, 0.2) is 0 Å². The van der Waals surface area contributed by atoms with Crippen LogP contribution in [0.4, 0.5) is 5.82 Å². The van der Waals surface area contributed by atoms with Crippen LogP contribution in [0.2, 0.25) is 0 Å². The largest absolute Gasteiger partial charge is 0.497 e. The van der Waals surface area contributed by atoms with Gasteiger partial charge in [0, 0.05) is 51.0 Å². The highest BCUT2D eigenvalue weighted by atomic mass is 16.5. The number of aromatic nitrogens is 4. The Hall–Kier alpha value is -3.20. The molecule has 2 aliphatic heterocycles. The number of benzene rings is 1. The van der Waals surface area contributed by atoms with Crippen molar-refractivity contribution in [1.29, 1.82) is 0 Å². The minimum atomic E-state index is 0.264. The summed E-state index contributed by atoms with van der Waals surface area (Å²) >= 11 is 0. The summed E-state index contributed by atoms with van der Waals surface area (Å²) in [6.45, 7) is 5.62. The molecule has 0 aliphatic carbocycles. The molecule has 0 unspecified atom stereocenters. The highest BCUT2D eigenvalue weighted by Gasteiger charge is 2.26. The Morgan fingerprint density at radius 2 is 1.72 bits per heavy atom. The fourth-order valence-electron chi connectivity index (χ4n) is 4.60. The van der Waals surface area contributed by atoms with Gasteiger partial charge in [-0.2, -0.15) is 14.6 Å². The molecule has 9 nitrogen and oxygen atoms in total. The second-order valence-corrected chi connectivity index (χ2v) is 8.40. The van der Waals surface area contributed by atoms with Gasteiger partial charge < -0.3 is 14.5 Å². The van der Waals surface area contributed by atoms with E-state index in [1.807, 2.05) is 39.9 Å². The van der Waals surface area contributed by atoms with Crippen molar-refractivity contribution in [2.24, 2.45) is 0 Å². The number of methoxy groups -OCH3 is 1. The molecule has 0 radical (unpaired) electrons. The molecular weight excluding hydrogens is 406 g/mol. The molecule has 4 heterocycles. The van der Waals surface area contributed by atoms with E-state index >= 15 is 0 Å². The quantitative estimate of drug-likeness (QED) is 0.606. The summed E-state index contributed by atoms with van der Waals surface area (Å²) in [5.41, 5.74) is 2.05. The fraction of sp³-hybridized carbons (Fsp3) is 0.478. The molecule has 9 heteroatoms. The van der Waals surface area contributed by atoms with Gasteiger partial charge in [-0.15, -0.1) is 0 Å². The molecule has 2 aromatic heterocycles. The number of hydrogen-bond donors (Lipinski definition) is 0. The van der Waals surface area contributed by atoms with E-state index in [0.29, 0.717) is 12.3 Å². The van der Waals surface area contributed by atoms with Gasteiger partial charge in [0.25, 0.3) is 5.78 Å². The summed E-state index contributed by atoms with van der Waals surface area (Å²) in [7, 11) is 1.67. The van der Waals surface area contributed by atoms with Gasteiger partial charge in [-0.25, -0.2) is 4.98 Å². The third-order valence-electron chi connectivity index (χ3n) is 6.42. The van der Waals surface area contributed by atoms with E-state index in [9.17, 15) is 4.79 Å². The molecule has 0 atom stereocenters. The number of likely N-dealkylation sites (tertiary alicyclic amines) is 1. The minimum Gasteiger partial charge on any atom is -0.497 e. The van der Waals surface area contributed by atoms with Crippen LogP contribution in [0.1, 0.15) is 19.3 Å². The van der Waals surface area contributed by atoms with Crippen LogP contribution in [0.15, 0.2) is 36.8 Å². The van der Waals surface area contributed by atoms with Gasteiger partial charge in [-0.05, 0) is 37.0 Å². The Labute approximate surface area is 187 Å². The van der Waals surface area contributed by atoms with E-state index in [0.717, 1.165) is 74.8 Å². The van der Waals surface area contributed by atoms with E-state index in [2.05, 4.69) is 24.9 Å². The molecule has 3 aromatic rings. The molecule has 0 N–H and O–H groups in total. The number of amides is 1. The van der Waals surface area contributed by atoms with Crippen molar-refractivity contribution in [1.82, 2.24) is 29.4 Å². The van der Waals surface area contributed by atoms with E-state index < -0.39 is 0 Å². The molecule has 2 saturated heterocycles. The van der Waals surface area contributed by atoms with Gasteiger partial charge in [-0.1, -0.05) is 12.1 Å². The summed E-state index contributed by atoms with van der Waals surface area (Å²) in [4.78, 5) is 28.1. The Kier molecular flexibility index (Phi) is 5.89. The standard InChI is InChI=1S/C23H29N7O2/c1-32-19-7-5-18(6-8-19)20-15-24-23-25-17-26-30(23)22(20)29-13-11-27(12-14-29)16-21(31)28-9-3-2-4-10-28/h5-8,15,17H,2-4,9-14,16H2,1H3. The number of carbonyl (C=O) groups is 1. The van der Waals surface area contributed by atoms with Crippen molar-refractivity contribution in [3.63, 3.8) is 0 Å². The number of ether oxygens (including phenoxy) is 1. The fourth-order valence-corrected chi connectivity index (χ4v) is 4.60. The lowest BCUT2D eigenvalue weighted by atomic mass is 10.1. The second-order valence-electron chi connectivity index (χ2n) is 8.40. The van der Waals surface area contributed by atoms with E-state index in [1.54, 1.807) is 7.11 Å². The lowest BCUT2D eigenvalue weighted by Gasteiger charge is -2.37. The molecule has 0 bridgehead atoms. The Bertz CT molecular complexity index is 1070. The molecule has 2 fully saturated rings. The smallest absolute Gasteiger partial charge is 0.254 e. The van der Waals surface area contributed by atoms with Crippen LogP contribution < -0.4 is 9.64 Å². The molecule has 168 valence electrons.